The molecule has 19 heavy (non-hydrogen) atoms. The maximum Gasteiger partial charge on any atom is 0.410 e. The molecule has 0 spiro atoms. The quantitative estimate of drug-likeness (QED) is 0.430. The maximum atomic E-state index is 12.1. The Balaban J connectivity index is 0.00000324. The largest absolute Gasteiger partial charge is 0.444 e. The first-order valence-electron chi connectivity index (χ1n) is 6.34. The van der Waals surface area contributed by atoms with Gasteiger partial charge in [0.2, 0.25) is 0 Å². The van der Waals surface area contributed by atoms with Crippen molar-refractivity contribution in [2.24, 2.45) is 16.5 Å². The molecule has 112 valence electrons. The fourth-order valence-corrected chi connectivity index (χ4v) is 1.96. The second kappa shape index (κ2) is 7.76. The van der Waals surface area contributed by atoms with Gasteiger partial charge in [-0.2, -0.15) is 0 Å². The zero-order valence-electron chi connectivity index (χ0n) is 11.9. The average molecular weight is 384 g/mol. The van der Waals surface area contributed by atoms with Crippen molar-refractivity contribution in [3.63, 3.8) is 0 Å². The van der Waals surface area contributed by atoms with Gasteiger partial charge in [-0.1, -0.05) is 0 Å². The third-order valence-corrected chi connectivity index (χ3v) is 2.74. The Labute approximate surface area is 132 Å². The minimum absolute atomic E-state index is 0. The van der Waals surface area contributed by atoms with Crippen LogP contribution in [0.2, 0.25) is 0 Å². The molecule has 1 saturated heterocycles. The Bertz CT molecular complexity index is 324. The minimum Gasteiger partial charge on any atom is -0.444 e. The highest BCUT2D eigenvalue weighted by Gasteiger charge is 2.30. The van der Waals surface area contributed by atoms with Crippen LogP contribution in [0.15, 0.2) is 4.99 Å². The lowest BCUT2D eigenvalue weighted by Crippen LogP contribution is -2.47. The number of hydrogen-bond donors (Lipinski definition) is 2. The molecule has 1 unspecified atom stereocenters. The summed E-state index contributed by atoms with van der Waals surface area (Å²) in [6, 6.07) is 0.0377. The summed E-state index contributed by atoms with van der Waals surface area (Å²) in [4.78, 5) is 17.8. The van der Waals surface area contributed by atoms with E-state index in [1.54, 1.807) is 4.90 Å². The predicted molar refractivity (Wildman–Crippen MR) is 86.7 cm³/mol. The number of guanidine groups is 1. The second-order valence-electron chi connectivity index (χ2n) is 5.59. The van der Waals surface area contributed by atoms with Crippen LogP contribution in [0, 0.1) is 0 Å². The fourth-order valence-electron chi connectivity index (χ4n) is 1.96. The molecule has 1 heterocycles. The van der Waals surface area contributed by atoms with Gasteiger partial charge in [0.25, 0.3) is 0 Å². The molecule has 1 aliphatic rings. The molecule has 0 aromatic heterocycles. The van der Waals surface area contributed by atoms with Gasteiger partial charge in [-0.3, -0.25) is 4.99 Å². The zero-order chi connectivity index (χ0) is 13.8. The molecule has 1 rings (SSSR count). The molecule has 1 fully saturated rings. The highest BCUT2D eigenvalue weighted by molar-refractivity contribution is 14.0. The van der Waals surface area contributed by atoms with Gasteiger partial charge in [-0.15, -0.1) is 24.0 Å². The maximum absolute atomic E-state index is 12.1. The summed E-state index contributed by atoms with van der Waals surface area (Å²) in [7, 11) is 0. The van der Waals surface area contributed by atoms with Crippen molar-refractivity contribution >= 4 is 36.0 Å². The number of rotatable bonds is 2. The van der Waals surface area contributed by atoms with Crippen molar-refractivity contribution in [1.29, 1.82) is 0 Å². The molecule has 1 aliphatic heterocycles. The van der Waals surface area contributed by atoms with Crippen LogP contribution in [-0.2, 0) is 4.74 Å². The van der Waals surface area contributed by atoms with Crippen LogP contribution < -0.4 is 11.5 Å². The monoisotopic (exact) mass is 384 g/mol. The molecule has 1 amide bonds. The van der Waals surface area contributed by atoms with E-state index >= 15 is 0 Å². The molecular formula is C12H25IN4O2. The highest BCUT2D eigenvalue weighted by Crippen LogP contribution is 2.20. The van der Waals surface area contributed by atoms with Gasteiger partial charge >= 0.3 is 6.09 Å². The number of carbonyl (C=O) groups is 1. The van der Waals surface area contributed by atoms with Crippen molar-refractivity contribution in [3.8, 4) is 0 Å². The third kappa shape index (κ3) is 6.84. The van der Waals surface area contributed by atoms with E-state index in [1.807, 2.05) is 20.8 Å². The molecule has 0 saturated carbocycles. The summed E-state index contributed by atoms with van der Waals surface area (Å²) < 4.78 is 5.39. The van der Waals surface area contributed by atoms with E-state index in [4.69, 9.17) is 16.2 Å². The van der Waals surface area contributed by atoms with Crippen LogP contribution in [0.5, 0.6) is 0 Å². The number of carbonyl (C=O) groups excluding carboxylic acids is 1. The van der Waals surface area contributed by atoms with Gasteiger partial charge in [0.1, 0.15) is 5.60 Å². The van der Waals surface area contributed by atoms with Crippen molar-refractivity contribution in [1.82, 2.24) is 4.90 Å². The average Bonchev–Trinajstić information content (AvgIpc) is 2.24. The van der Waals surface area contributed by atoms with E-state index < -0.39 is 5.60 Å². The van der Waals surface area contributed by atoms with Crippen LogP contribution in [-0.4, -0.2) is 41.7 Å². The standard InChI is InChI=1S/C12H24N4O2.HI/c1-12(2,3)18-11(17)16-7-5-4-6-9(16)8-15-10(13)14;/h9H,4-8H2,1-3H3,(H4,13,14,15);1H. The van der Waals surface area contributed by atoms with E-state index in [2.05, 4.69) is 4.99 Å². The fraction of sp³-hybridized carbons (Fsp3) is 0.833. The van der Waals surface area contributed by atoms with Crippen molar-refractivity contribution < 1.29 is 9.53 Å². The lowest BCUT2D eigenvalue weighted by molar-refractivity contribution is 0.0110. The summed E-state index contributed by atoms with van der Waals surface area (Å²) in [5.41, 5.74) is 10.2. The van der Waals surface area contributed by atoms with Crippen LogP contribution in [0.25, 0.3) is 0 Å². The van der Waals surface area contributed by atoms with Gasteiger partial charge in [0, 0.05) is 6.54 Å². The van der Waals surface area contributed by atoms with Crippen LogP contribution in [0.4, 0.5) is 4.79 Å². The molecule has 0 aliphatic carbocycles. The number of nitrogens with two attached hydrogens (primary N) is 2. The molecule has 4 N–H and O–H groups in total. The topological polar surface area (TPSA) is 93.9 Å². The van der Waals surface area contributed by atoms with Gasteiger partial charge in [0.05, 0.1) is 12.6 Å². The van der Waals surface area contributed by atoms with E-state index in [0.29, 0.717) is 13.1 Å². The summed E-state index contributed by atoms with van der Waals surface area (Å²) in [6.45, 7) is 6.74. The minimum atomic E-state index is -0.477. The summed E-state index contributed by atoms with van der Waals surface area (Å²) in [6.07, 6.45) is 2.72. The zero-order valence-corrected chi connectivity index (χ0v) is 14.2. The molecule has 0 radical (unpaired) electrons. The number of nitrogens with zero attached hydrogens (tertiary/aromatic N) is 2. The van der Waals surface area contributed by atoms with E-state index in [9.17, 15) is 4.79 Å². The number of halogens is 1. The van der Waals surface area contributed by atoms with E-state index in [-0.39, 0.29) is 42.1 Å². The highest BCUT2D eigenvalue weighted by atomic mass is 127. The van der Waals surface area contributed by atoms with E-state index in [1.165, 1.54) is 0 Å². The number of aliphatic imine (C=N–C) groups is 1. The van der Waals surface area contributed by atoms with Crippen LogP contribution in [0.1, 0.15) is 40.0 Å². The van der Waals surface area contributed by atoms with Crippen LogP contribution in [0.3, 0.4) is 0 Å². The number of hydrogen-bond acceptors (Lipinski definition) is 3. The summed E-state index contributed by atoms with van der Waals surface area (Å²) >= 11 is 0. The predicted octanol–water partition coefficient (Wildman–Crippen LogP) is 1.67. The lowest BCUT2D eigenvalue weighted by Gasteiger charge is -2.36. The number of ether oxygens (including phenoxy) is 1. The molecular weight excluding hydrogens is 359 g/mol. The van der Waals surface area contributed by atoms with E-state index in [0.717, 1.165) is 19.3 Å². The van der Waals surface area contributed by atoms with Gasteiger partial charge < -0.3 is 21.1 Å². The summed E-state index contributed by atoms with van der Waals surface area (Å²) in [5.74, 6) is 0.0599. The number of amides is 1. The normalized spacial score (nSPS) is 19.3. The van der Waals surface area contributed by atoms with Gasteiger partial charge in [0.15, 0.2) is 5.96 Å². The molecule has 6 nitrogen and oxygen atoms in total. The Morgan fingerprint density at radius 3 is 2.53 bits per heavy atom. The molecule has 1 atom stereocenters. The lowest BCUT2D eigenvalue weighted by atomic mass is 10.0. The molecule has 0 bridgehead atoms. The van der Waals surface area contributed by atoms with Crippen LogP contribution >= 0.6 is 24.0 Å². The van der Waals surface area contributed by atoms with Gasteiger partial charge in [-0.25, -0.2) is 4.79 Å². The molecule has 0 aromatic carbocycles. The van der Waals surface area contributed by atoms with Crippen molar-refractivity contribution in [2.75, 3.05) is 13.1 Å². The Morgan fingerprint density at radius 2 is 2.00 bits per heavy atom. The molecule has 7 heteroatoms. The Morgan fingerprint density at radius 1 is 1.37 bits per heavy atom. The first-order chi connectivity index (χ1) is 8.29. The smallest absolute Gasteiger partial charge is 0.410 e. The SMILES string of the molecule is CC(C)(C)OC(=O)N1CCCCC1CN=C(N)N.I. The van der Waals surface area contributed by atoms with Crippen molar-refractivity contribution in [2.45, 2.75) is 51.7 Å². The first-order valence-corrected chi connectivity index (χ1v) is 6.34. The Hall–Kier alpha value is -0.730. The van der Waals surface area contributed by atoms with Gasteiger partial charge in [-0.05, 0) is 40.0 Å². The Kier molecular flexibility index (Phi) is 7.46. The molecule has 0 aromatic rings. The number of piperidine rings is 1. The number of likely N-dealkylation sites (tertiary alicyclic amines) is 1. The summed E-state index contributed by atoms with van der Waals surface area (Å²) in [5, 5.41) is 0. The first kappa shape index (κ1) is 18.3. The second-order valence-corrected chi connectivity index (χ2v) is 5.59. The third-order valence-electron chi connectivity index (χ3n) is 2.74. The van der Waals surface area contributed by atoms with Crippen molar-refractivity contribution in [3.05, 3.63) is 0 Å².